The van der Waals surface area contributed by atoms with Crippen LogP contribution >= 0.6 is 0 Å². The standard InChI is InChI=1S/C14H24O4/c1-9(2)7-13(5)11(15)18-14(6,8-10(3)4)12(16)17-13/h9-10H,7-8H2,1-6H3. The highest BCUT2D eigenvalue weighted by Crippen LogP contribution is 2.35. The minimum absolute atomic E-state index is 0.254. The molecule has 1 rings (SSSR count). The number of carbonyl (C=O) groups is 2. The fourth-order valence-corrected chi connectivity index (χ4v) is 2.52. The molecule has 4 nitrogen and oxygen atoms in total. The fourth-order valence-electron chi connectivity index (χ4n) is 2.52. The van der Waals surface area contributed by atoms with Crippen molar-refractivity contribution in [3.8, 4) is 0 Å². The van der Waals surface area contributed by atoms with Gasteiger partial charge in [0.05, 0.1) is 0 Å². The second kappa shape index (κ2) is 4.90. The molecular weight excluding hydrogens is 232 g/mol. The van der Waals surface area contributed by atoms with Gasteiger partial charge in [0, 0.05) is 12.8 Å². The molecule has 0 bridgehead atoms. The SMILES string of the molecule is CC(C)CC1(C)OC(=O)C(C)(CC(C)C)OC1=O. The van der Waals surface area contributed by atoms with Crippen molar-refractivity contribution in [2.24, 2.45) is 11.8 Å². The van der Waals surface area contributed by atoms with Gasteiger partial charge >= 0.3 is 11.9 Å². The number of cyclic esters (lactones) is 2. The summed E-state index contributed by atoms with van der Waals surface area (Å²) < 4.78 is 10.8. The van der Waals surface area contributed by atoms with Gasteiger partial charge in [0.25, 0.3) is 0 Å². The fraction of sp³-hybridized carbons (Fsp3) is 0.857. The Morgan fingerprint density at radius 1 is 0.833 bits per heavy atom. The van der Waals surface area contributed by atoms with Crippen LogP contribution in [0.3, 0.4) is 0 Å². The lowest BCUT2D eigenvalue weighted by Gasteiger charge is -2.41. The lowest BCUT2D eigenvalue weighted by molar-refractivity contribution is -0.226. The van der Waals surface area contributed by atoms with E-state index in [4.69, 9.17) is 9.47 Å². The first-order valence-electron chi connectivity index (χ1n) is 6.56. The average molecular weight is 256 g/mol. The molecule has 1 aliphatic heterocycles. The summed E-state index contributed by atoms with van der Waals surface area (Å²) in [5.41, 5.74) is -2.27. The van der Waals surface area contributed by atoms with E-state index >= 15 is 0 Å². The van der Waals surface area contributed by atoms with Crippen molar-refractivity contribution in [2.75, 3.05) is 0 Å². The number of hydrogen-bond donors (Lipinski definition) is 0. The molecule has 0 amide bonds. The van der Waals surface area contributed by atoms with E-state index in [1.807, 2.05) is 27.7 Å². The molecule has 0 aromatic rings. The Bertz CT molecular complexity index is 314. The van der Waals surface area contributed by atoms with Gasteiger partial charge in [-0.15, -0.1) is 0 Å². The highest BCUT2D eigenvalue weighted by Gasteiger charge is 2.53. The molecule has 0 spiro atoms. The Morgan fingerprint density at radius 3 is 1.33 bits per heavy atom. The van der Waals surface area contributed by atoms with Gasteiger partial charge in [-0.2, -0.15) is 0 Å². The monoisotopic (exact) mass is 256 g/mol. The zero-order chi connectivity index (χ0) is 14.1. The molecule has 4 heteroatoms. The second-order valence-corrected chi connectivity index (χ2v) is 6.44. The summed E-state index contributed by atoms with van der Waals surface area (Å²) in [5.74, 6) is -0.354. The third-order valence-corrected chi connectivity index (χ3v) is 3.10. The summed E-state index contributed by atoms with van der Waals surface area (Å²) in [6.07, 6.45) is 0.963. The smallest absolute Gasteiger partial charge is 0.351 e. The van der Waals surface area contributed by atoms with Gasteiger partial charge in [0.1, 0.15) is 0 Å². The van der Waals surface area contributed by atoms with Gasteiger partial charge in [-0.3, -0.25) is 0 Å². The van der Waals surface area contributed by atoms with Crippen molar-refractivity contribution in [3.05, 3.63) is 0 Å². The quantitative estimate of drug-likeness (QED) is 0.726. The first-order valence-corrected chi connectivity index (χ1v) is 6.56. The molecule has 0 aliphatic carbocycles. The van der Waals surface area contributed by atoms with Gasteiger partial charge in [-0.1, -0.05) is 27.7 Å². The van der Waals surface area contributed by atoms with Crippen LogP contribution in [-0.4, -0.2) is 23.1 Å². The minimum atomic E-state index is -1.14. The number of rotatable bonds is 4. The van der Waals surface area contributed by atoms with Crippen molar-refractivity contribution in [1.29, 1.82) is 0 Å². The van der Waals surface area contributed by atoms with Gasteiger partial charge in [0.2, 0.25) is 11.2 Å². The van der Waals surface area contributed by atoms with Crippen LogP contribution in [0.2, 0.25) is 0 Å². The predicted molar refractivity (Wildman–Crippen MR) is 67.9 cm³/mol. The molecule has 0 radical (unpaired) electrons. The van der Waals surface area contributed by atoms with E-state index < -0.39 is 23.1 Å². The first-order chi connectivity index (χ1) is 8.09. The Hall–Kier alpha value is -1.06. The molecule has 0 N–H and O–H groups in total. The van der Waals surface area contributed by atoms with Crippen LogP contribution < -0.4 is 0 Å². The number of esters is 2. The summed E-state index contributed by atoms with van der Waals surface area (Å²) in [6.45, 7) is 11.2. The van der Waals surface area contributed by atoms with E-state index in [2.05, 4.69) is 0 Å². The molecule has 1 aliphatic rings. The summed E-state index contributed by atoms with van der Waals surface area (Å²) in [5, 5.41) is 0. The number of hydrogen-bond acceptors (Lipinski definition) is 4. The normalized spacial score (nSPS) is 32.7. The molecule has 18 heavy (non-hydrogen) atoms. The predicted octanol–water partition coefficient (Wildman–Crippen LogP) is 2.70. The Morgan fingerprint density at radius 2 is 1.11 bits per heavy atom. The van der Waals surface area contributed by atoms with Gasteiger partial charge in [-0.05, 0) is 25.7 Å². The van der Waals surface area contributed by atoms with Crippen LogP contribution in [-0.2, 0) is 19.1 Å². The van der Waals surface area contributed by atoms with E-state index in [0.29, 0.717) is 12.8 Å². The van der Waals surface area contributed by atoms with Crippen molar-refractivity contribution in [3.63, 3.8) is 0 Å². The largest absolute Gasteiger partial charge is 0.444 e. The van der Waals surface area contributed by atoms with Crippen LogP contribution in [0.25, 0.3) is 0 Å². The maximum absolute atomic E-state index is 12.1. The van der Waals surface area contributed by atoms with Gasteiger partial charge in [-0.25, -0.2) is 9.59 Å². The highest BCUT2D eigenvalue weighted by atomic mass is 16.7. The van der Waals surface area contributed by atoms with Crippen LogP contribution in [0, 0.1) is 11.8 Å². The van der Waals surface area contributed by atoms with Crippen LogP contribution in [0.4, 0.5) is 0 Å². The molecule has 1 fully saturated rings. The summed E-state index contributed by atoms with van der Waals surface area (Å²) in [7, 11) is 0. The molecule has 2 atom stereocenters. The van der Waals surface area contributed by atoms with Crippen molar-refractivity contribution >= 4 is 11.9 Å². The summed E-state index contributed by atoms with van der Waals surface area (Å²) in [4.78, 5) is 24.2. The van der Waals surface area contributed by atoms with Crippen LogP contribution in [0.5, 0.6) is 0 Å². The maximum atomic E-state index is 12.1. The third-order valence-electron chi connectivity index (χ3n) is 3.10. The first kappa shape index (κ1) is 15.0. The molecule has 0 saturated carbocycles. The Balaban J connectivity index is 2.88. The van der Waals surface area contributed by atoms with Crippen LogP contribution in [0.15, 0.2) is 0 Å². The molecule has 2 unspecified atom stereocenters. The third kappa shape index (κ3) is 3.03. The molecular formula is C14H24O4. The summed E-state index contributed by atoms with van der Waals surface area (Å²) >= 11 is 0. The topological polar surface area (TPSA) is 52.6 Å². The van der Waals surface area contributed by atoms with Gasteiger partial charge < -0.3 is 9.47 Å². The molecule has 0 aromatic heterocycles. The Labute approximate surface area is 109 Å². The minimum Gasteiger partial charge on any atom is -0.444 e. The van der Waals surface area contributed by atoms with E-state index in [1.54, 1.807) is 13.8 Å². The van der Waals surface area contributed by atoms with E-state index in [0.717, 1.165) is 0 Å². The highest BCUT2D eigenvalue weighted by molar-refractivity contribution is 5.92. The van der Waals surface area contributed by atoms with Gasteiger partial charge in [0.15, 0.2) is 0 Å². The molecule has 1 saturated heterocycles. The van der Waals surface area contributed by atoms with Crippen LogP contribution in [0.1, 0.15) is 54.4 Å². The maximum Gasteiger partial charge on any atom is 0.351 e. The lowest BCUT2D eigenvalue weighted by Crippen LogP contribution is -2.58. The zero-order valence-electron chi connectivity index (χ0n) is 12.2. The lowest BCUT2D eigenvalue weighted by atomic mass is 9.88. The van der Waals surface area contributed by atoms with E-state index in [9.17, 15) is 9.59 Å². The van der Waals surface area contributed by atoms with E-state index in [1.165, 1.54) is 0 Å². The second-order valence-electron chi connectivity index (χ2n) is 6.44. The Kier molecular flexibility index (Phi) is 4.08. The summed E-state index contributed by atoms with van der Waals surface area (Å²) in [6, 6.07) is 0. The molecule has 0 aromatic carbocycles. The zero-order valence-corrected chi connectivity index (χ0v) is 12.2. The molecule has 104 valence electrons. The van der Waals surface area contributed by atoms with Crippen molar-refractivity contribution in [2.45, 2.75) is 65.6 Å². The number of carbonyl (C=O) groups excluding carboxylic acids is 2. The van der Waals surface area contributed by atoms with Crippen molar-refractivity contribution in [1.82, 2.24) is 0 Å². The van der Waals surface area contributed by atoms with E-state index in [-0.39, 0.29) is 11.8 Å². The average Bonchev–Trinajstić information content (AvgIpc) is 2.12. The molecule has 1 heterocycles. The van der Waals surface area contributed by atoms with Crippen molar-refractivity contribution < 1.29 is 19.1 Å². The number of ether oxygens (including phenoxy) is 2.